The van der Waals surface area contributed by atoms with Gasteiger partial charge in [-0.1, -0.05) is 6.58 Å². The van der Waals surface area contributed by atoms with Crippen molar-refractivity contribution in [1.29, 1.82) is 0 Å². The van der Waals surface area contributed by atoms with Crippen molar-refractivity contribution >= 4 is 30.2 Å². The number of aliphatic carboxylic acids is 1. The minimum absolute atomic E-state index is 0.121. The van der Waals surface area contributed by atoms with Crippen LogP contribution in [0.4, 0.5) is 0 Å². The molecule has 0 spiro atoms. The lowest BCUT2D eigenvalue weighted by Gasteiger charge is -1.87. The van der Waals surface area contributed by atoms with Gasteiger partial charge in [0.15, 0.2) is 11.6 Å². The molecule has 0 aromatic rings. The third kappa shape index (κ3) is 5.96. The molecule has 0 bridgehead atoms. The second-order valence-corrected chi connectivity index (χ2v) is 2.76. The Balaban J connectivity index is 0.000000255. The lowest BCUT2D eigenvalue weighted by atomic mass is 10.2. The molecule has 0 aliphatic heterocycles. The number of rotatable bonds is 1. The summed E-state index contributed by atoms with van der Waals surface area (Å²) in [7, 11) is 0. The van der Waals surface area contributed by atoms with Crippen molar-refractivity contribution < 1.29 is 19.5 Å². The highest BCUT2D eigenvalue weighted by Gasteiger charge is 1.97. The van der Waals surface area contributed by atoms with Gasteiger partial charge in [-0.05, 0) is 24.3 Å². The van der Waals surface area contributed by atoms with Gasteiger partial charge in [0.1, 0.15) is 0 Å². The summed E-state index contributed by atoms with van der Waals surface area (Å²) < 4.78 is 0. The zero-order valence-electron chi connectivity index (χ0n) is 7.14. The highest BCUT2D eigenvalue weighted by Crippen LogP contribution is 1.91. The van der Waals surface area contributed by atoms with E-state index in [-0.39, 0.29) is 16.5 Å². The van der Waals surface area contributed by atoms with Crippen LogP contribution in [0.15, 0.2) is 35.8 Å². The van der Waals surface area contributed by atoms with Gasteiger partial charge in [0, 0.05) is 0 Å². The van der Waals surface area contributed by atoms with E-state index in [1.807, 2.05) is 0 Å². The van der Waals surface area contributed by atoms with Gasteiger partial charge in [-0.25, -0.2) is 4.79 Å². The Kier molecular flexibility index (Phi) is 5.24. The van der Waals surface area contributed by atoms with E-state index in [1.165, 1.54) is 24.3 Å². The zero-order chi connectivity index (χ0) is 11.1. The predicted octanol–water partition coefficient (Wildman–Crippen LogP) is 0.765. The lowest BCUT2D eigenvalue weighted by molar-refractivity contribution is -0.131. The Labute approximate surface area is 86.0 Å². The first-order chi connectivity index (χ1) is 6.43. The molecule has 0 heterocycles. The minimum Gasteiger partial charge on any atom is -0.477 e. The van der Waals surface area contributed by atoms with Crippen molar-refractivity contribution in [3.8, 4) is 0 Å². The summed E-state index contributed by atoms with van der Waals surface area (Å²) in [6.07, 6.45) is 5.01. The molecule has 1 rings (SSSR count). The van der Waals surface area contributed by atoms with Crippen LogP contribution in [-0.2, 0) is 14.4 Å². The summed E-state index contributed by atoms with van der Waals surface area (Å²) in [6.45, 7) is 3.02. The van der Waals surface area contributed by atoms with Gasteiger partial charge < -0.3 is 5.11 Å². The molecule has 0 amide bonds. The van der Waals surface area contributed by atoms with Crippen molar-refractivity contribution in [3.63, 3.8) is 0 Å². The molecule has 1 aliphatic rings. The summed E-state index contributed by atoms with van der Waals surface area (Å²) in [4.78, 5) is 30.0. The van der Waals surface area contributed by atoms with E-state index in [0.29, 0.717) is 0 Å². The third-order valence-electron chi connectivity index (χ3n) is 1.07. The van der Waals surface area contributed by atoms with Crippen LogP contribution in [0, 0.1) is 0 Å². The Hall–Kier alpha value is -1.62. The number of allylic oxidation sites excluding steroid dienone is 4. The van der Waals surface area contributed by atoms with Crippen LogP contribution in [0.2, 0.25) is 0 Å². The summed E-state index contributed by atoms with van der Waals surface area (Å²) in [5.41, 5.74) is 0. The first kappa shape index (κ1) is 12.4. The van der Waals surface area contributed by atoms with Crippen LogP contribution in [0.3, 0.4) is 0 Å². The lowest BCUT2D eigenvalue weighted by Crippen LogP contribution is -1.97. The first-order valence-electron chi connectivity index (χ1n) is 3.48. The second-order valence-electron chi connectivity index (χ2n) is 2.22. The molecule has 0 atom stereocenters. The van der Waals surface area contributed by atoms with E-state index in [1.54, 1.807) is 0 Å². The van der Waals surface area contributed by atoms with Crippen LogP contribution in [-0.4, -0.2) is 22.6 Å². The van der Waals surface area contributed by atoms with Gasteiger partial charge in [0.25, 0.3) is 0 Å². The van der Waals surface area contributed by atoms with Gasteiger partial charge in [-0.15, -0.1) is 12.6 Å². The van der Waals surface area contributed by atoms with Crippen LogP contribution < -0.4 is 0 Å². The van der Waals surface area contributed by atoms with Gasteiger partial charge in [-0.2, -0.15) is 0 Å². The molecule has 0 saturated carbocycles. The molecule has 4 nitrogen and oxygen atoms in total. The van der Waals surface area contributed by atoms with Crippen molar-refractivity contribution in [2.75, 3.05) is 0 Å². The Morgan fingerprint density at radius 1 is 1.14 bits per heavy atom. The second kappa shape index (κ2) is 5.93. The number of carboxylic acids is 1. The van der Waals surface area contributed by atoms with Crippen molar-refractivity contribution in [1.82, 2.24) is 0 Å². The number of carbonyl (C=O) groups is 3. The van der Waals surface area contributed by atoms with Crippen molar-refractivity contribution in [3.05, 3.63) is 35.8 Å². The molecule has 0 unspecified atom stereocenters. The largest absolute Gasteiger partial charge is 0.477 e. The van der Waals surface area contributed by atoms with Gasteiger partial charge in [0.2, 0.25) is 0 Å². The molecule has 0 aromatic carbocycles. The molecule has 74 valence electrons. The number of thiol groups is 1. The normalized spacial score (nSPS) is 13.2. The molecule has 14 heavy (non-hydrogen) atoms. The Bertz CT molecular complexity index is 289. The zero-order valence-corrected chi connectivity index (χ0v) is 8.03. The van der Waals surface area contributed by atoms with Gasteiger partial charge in [0.05, 0.1) is 4.91 Å². The summed E-state index contributed by atoms with van der Waals surface area (Å²) in [6, 6.07) is 0. The van der Waals surface area contributed by atoms with Crippen molar-refractivity contribution in [2.45, 2.75) is 0 Å². The maximum Gasteiger partial charge on any atom is 0.341 e. The topological polar surface area (TPSA) is 71.4 Å². The number of ketones is 2. The molecular formula is C9H8O4S. The quantitative estimate of drug-likeness (QED) is 0.382. The Morgan fingerprint density at radius 3 is 1.50 bits per heavy atom. The first-order valence-corrected chi connectivity index (χ1v) is 3.93. The maximum atomic E-state index is 10.3. The summed E-state index contributed by atoms with van der Waals surface area (Å²) >= 11 is 3.40. The average Bonchev–Trinajstić information content (AvgIpc) is 2.11. The maximum absolute atomic E-state index is 10.3. The van der Waals surface area contributed by atoms with E-state index in [9.17, 15) is 14.4 Å². The molecule has 0 saturated heterocycles. The monoisotopic (exact) mass is 212 g/mol. The summed E-state index contributed by atoms with van der Waals surface area (Å²) in [5.74, 6) is -1.31. The van der Waals surface area contributed by atoms with Crippen LogP contribution in [0.1, 0.15) is 0 Å². The fourth-order valence-corrected chi connectivity index (χ4v) is 0.440. The Morgan fingerprint density at radius 2 is 1.36 bits per heavy atom. The number of carboxylic acid groups (broad SMARTS) is 1. The highest BCUT2D eigenvalue weighted by atomic mass is 32.1. The van der Waals surface area contributed by atoms with E-state index in [2.05, 4.69) is 19.2 Å². The van der Waals surface area contributed by atoms with E-state index < -0.39 is 5.97 Å². The fraction of sp³-hybridized carbons (Fsp3) is 0. The fourth-order valence-electron chi connectivity index (χ4n) is 0.440. The molecule has 1 aliphatic carbocycles. The van der Waals surface area contributed by atoms with E-state index in [0.717, 1.165) is 0 Å². The molecular weight excluding hydrogens is 204 g/mol. The number of carbonyl (C=O) groups excluding carboxylic acids is 2. The van der Waals surface area contributed by atoms with Crippen LogP contribution in [0.5, 0.6) is 0 Å². The van der Waals surface area contributed by atoms with Crippen LogP contribution in [0.25, 0.3) is 0 Å². The summed E-state index contributed by atoms with van der Waals surface area (Å²) in [5, 5.41) is 7.81. The van der Waals surface area contributed by atoms with E-state index in [4.69, 9.17) is 5.11 Å². The number of hydrogen-bond acceptors (Lipinski definition) is 4. The highest BCUT2D eigenvalue weighted by molar-refractivity contribution is 7.85. The van der Waals surface area contributed by atoms with E-state index >= 15 is 0 Å². The molecule has 0 radical (unpaired) electrons. The standard InChI is InChI=1S/C6H4O2.C3H4O2S/c7-5-1-2-6(8)4-3-5;1-2(6)3(4)5/h1-4H;6H,1H2,(H,4,5). The average molecular weight is 212 g/mol. The predicted molar refractivity (Wildman–Crippen MR) is 54.1 cm³/mol. The molecule has 0 fully saturated rings. The minimum atomic E-state index is -1.07. The smallest absolute Gasteiger partial charge is 0.341 e. The van der Waals surface area contributed by atoms with Crippen molar-refractivity contribution in [2.24, 2.45) is 0 Å². The molecule has 5 heteroatoms. The van der Waals surface area contributed by atoms with Gasteiger partial charge in [-0.3, -0.25) is 9.59 Å². The number of hydrogen-bond donors (Lipinski definition) is 2. The van der Waals surface area contributed by atoms with Gasteiger partial charge >= 0.3 is 5.97 Å². The third-order valence-corrected chi connectivity index (χ3v) is 1.26. The SMILES string of the molecule is C=C(S)C(=O)O.O=C1C=CC(=O)C=C1. The molecule has 1 N–H and O–H groups in total. The molecule has 0 aromatic heterocycles. The van der Waals surface area contributed by atoms with Crippen LogP contribution >= 0.6 is 12.6 Å².